The lowest BCUT2D eigenvalue weighted by Gasteiger charge is -2.24. The highest BCUT2D eigenvalue weighted by Gasteiger charge is 2.34. The van der Waals surface area contributed by atoms with E-state index in [4.69, 9.17) is 4.74 Å². The van der Waals surface area contributed by atoms with Crippen molar-refractivity contribution >= 4 is 11.6 Å². The average molecular weight is 354 g/mol. The van der Waals surface area contributed by atoms with Crippen molar-refractivity contribution in [2.45, 2.75) is 32.3 Å². The van der Waals surface area contributed by atoms with Gasteiger partial charge in [0.05, 0.1) is 17.6 Å². The van der Waals surface area contributed by atoms with E-state index in [0.29, 0.717) is 24.4 Å². The molecule has 0 aliphatic carbocycles. The van der Waals surface area contributed by atoms with Crippen molar-refractivity contribution in [3.63, 3.8) is 0 Å². The lowest BCUT2D eigenvalue weighted by Crippen LogP contribution is -2.36. The summed E-state index contributed by atoms with van der Waals surface area (Å²) >= 11 is 0. The summed E-state index contributed by atoms with van der Waals surface area (Å²) in [7, 11) is 1.80. The fourth-order valence-corrected chi connectivity index (χ4v) is 3.54. The Labute approximate surface area is 151 Å². The van der Waals surface area contributed by atoms with Gasteiger partial charge in [0.25, 0.3) is 5.91 Å². The number of H-pyrrole nitrogens is 1. The Morgan fingerprint density at radius 1 is 1.46 bits per heavy atom. The summed E-state index contributed by atoms with van der Waals surface area (Å²) in [6.07, 6.45) is 6.26. The van der Waals surface area contributed by atoms with Crippen LogP contribution in [0.4, 0.5) is 0 Å². The normalized spacial score (nSPS) is 20.0. The number of hydrogen-bond donors (Lipinski definition) is 1. The van der Waals surface area contributed by atoms with Gasteiger partial charge in [-0.15, -0.1) is 0 Å². The molecule has 8 nitrogen and oxygen atoms in total. The first-order valence-corrected chi connectivity index (χ1v) is 8.72. The predicted molar refractivity (Wildman–Crippen MR) is 95.1 cm³/mol. The van der Waals surface area contributed by atoms with E-state index < -0.39 is 0 Å². The second-order valence-electron chi connectivity index (χ2n) is 6.86. The van der Waals surface area contributed by atoms with Crippen LogP contribution in [0.3, 0.4) is 0 Å². The fraction of sp³-hybridized carbons (Fsp3) is 0.444. The van der Waals surface area contributed by atoms with Crippen LogP contribution in [0.15, 0.2) is 24.7 Å². The van der Waals surface area contributed by atoms with Crippen molar-refractivity contribution in [1.82, 2.24) is 29.5 Å². The van der Waals surface area contributed by atoms with Gasteiger partial charge >= 0.3 is 0 Å². The fourth-order valence-electron chi connectivity index (χ4n) is 3.54. The molecule has 0 radical (unpaired) electrons. The number of nitrogens with one attached hydrogen (secondary N) is 1. The maximum absolute atomic E-state index is 13.0. The zero-order valence-corrected chi connectivity index (χ0v) is 15.1. The lowest BCUT2D eigenvalue weighted by atomic mass is 10.00. The van der Waals surface area contributed by atoms with E-state index in [1.807, 2.05) is 36.7 Å². The third-order valence-electron chi connectivity index (χ3n) is 4.81. The first kappa shape index (κ1) is 16.7. The van der Waals surface area contributed by atoms with Crippen LogP contribution >= 0.6 is 0 Å². The summed E-state index contributed by atoms with van der Waals surface area (Å²) in [5, 5.41) is 7.15. The van der Waals surface area contributed by atoms with Crippen LogP contribution < -0.4 is 0 Å². The molecule has 136 valence electrons. The van der Waals surface area contributed by atoms with Gasteiger partial charge in [0.15, 0.2) is 5.82 Å². The van der Waals surface area contributed by atoms with Crippen molar-refractivity contribution in [2.75, 3.05) is 20.2 Å². The van der Waals surface area contributed by atoms with E-state index in [2.05, 4.69) is 20.2 Å². The first-order chi connectivity index (χ1) is 12.5. The van der Waals surface area contributed by atoms with Crippen molar-refractivity contribution in [3.05, 3.63) is 47.4 Å². The second-order valence-corrected chi connectivity index (χ2v) is 6.86. The molecule has 0 unspecified atom stereocenters. The first-order valence-electron chi connectivity index (χ1n) is 8.72. The highest BCUT2D eigenvalue weighted by Crippen LogP contribution is 2.30. The van der Waals surface area contributed by atoms with E-state index in [1.165, 1.54) is 0 Å². The minimum Gasteiger partial charge on any atom is -0.376 e. The van der Waals surface area contributed by atoms with Gasteiger partial charge in [-0.05, 0) is 31.9 Å². The molecule has 1 saturated heterocycles. The number of nitrogens with zero attached hydrogens (tertiary/aromatic N) is 5. The highest BCUT2D eigenvalue weighted by molar-refractivity contribution is 5.99. The van der Waals surface area contributed by atoms with E-state index in [-0.39, 0.29) is 17.9 Å². The number of imidazole rings is 1. The molecule has 0 bridgehead atoms. The van der Waals surface area contributed by atoms with Crippen molar-refractivity contribution in [1.29, 1.82) is 0 Å². The molecule has 1 amide bonds. The molecule has 4 rings (SSSR count). The largest absolute Gasteiger partial charge is 0.376 e. The standard InChI is InChI=1S/C18H22N6O2/c1-11-8-14(17-19-5-6-24(17)9-11)18(25)23(3)10-15-13(4-7-26-15)16-20-12(2)21-22-16/h5-6,8-9,13,15H,4,7,10H2,1-3H3,(H,20,21,22)/t13-,15-/m1/s1. The van der Waals surface area contributed by atoms with Crippen LogP contribution in [0.1, 0.15) is 39.9 Å². The van der Waals surface area contributed by atoms with Crippen LogP contribution in [0, 0.1) is 13.8 Å². The Hall–Kier alpha value is -2.74. The van der Waals surface area contributed by atoms with Crippen molar-refractivity contribution in [2.24, 2.45) is 0 Å². The molecule has 0 saturated carbocycles. The number of aryl methyl sites for hydroxylation is 2. The minimum absolute atomic E-state index is 0.0645. The molecule has 3 aromatic rings. The topological polar surface area (TPSA) is 88.4 Å². The number of likely N-dealkylation sites (N-methyl/N-ethyl adjacent to an activating group) is 1. The molecule has 8 heteroatoms. The van der Waals surface area contributed by atoms with Crippen LogP contribution in [-0.4, -0.2) is 61.7 Å². The predicted octanol–water partition coefficient (Wildman–Crippen LogP) is 1.71. The van der Waals surface area contributed by atoms with Gasteiger partial charge < -0.3 is 14.0 Å². The molecule has 2 atom stereocenters. The van der Waals surface area contributed by atoms with Crippen molar-refractivity contribution in [3.8, 4) is 0 Å². The Morgan fingerprint density at radius 3 is 3.08 bits per heavy atom. The zero-order chi connectivity index (χ0) is 18.3. The van der Waals surface area contributed by atoms with Gasteiger partial charge in [-0.1, -0.05) is 0 Å². The number of ether oxygens (including phenoxy) is 1. The number of pyridine rings is 1. The van der Waals surface area contributed by atoms with E-state index in [1.54, 1.807) is 18.1 Å². The summed E-state index contributed by atoms with van der Waals surface area (Å²) < 4.78 is 7.75. The maximum atomic E-state index is 13.0. The monoisotopic (exact) mass is 354 g/mol. The maximum Gasteiger partial charge on any atom is 0.257 e. The summed E-state index contributed by atoms with van der Waals surface area (Å²) in [6, 6.07) is 1.88. The summed E-state index contributed by atoms with van der Waals surface area (Å²) in [4.78, 5) is 23.5. The third kappa shape index (κ3) is 2.96. The van der Waals surface area contributed by atoms with Crippen molar-refractivity contribution < 1.29 is 9.53 Å². The average Bonchev–Trinajstić information content (AvgIpc) is 3.33. The molecule has 1 fully saturated rings. The molecule has 3 aromatic heterocycles. The van der Waals surface area contributed by atoms with Gasteiger partial charge in [-0.2, -0.15) is 5.10 Å². The Bertz CT molecular complexity index is 946. The van der Waals surface area contributed by atoms with E-state index >= 15 is 0 Å². The molecule has 1 N–H and O–H groups in total. The SMILES string of the molecule is Cc1cc(C(=O)N(C)C[C@H]2OCC[C@H]2c2n[nH]c(C)n2)c2nccn2c1. The number of fused-ring (bicyclic) bond motifs is 1. The van der Waals surface area contributed by atoms with Crippen LogP contribution in [-0.2, 0) is 4.74 Å². The quantitative estimate of drug-likeness (QED) is 0.771. The number of amides is 1. The summed E-state index contributed by atoms with van der Waals surface area (Å²) in [6.45, 7) is 4.99. The molecule has 0 spiro atoms. The minimum atomic E-state index is -0.111. The Morgan fingerprint density at radius 2 is 2.31 bits per heavy atom. The molecular weight excluding hydrogens is 332 g/mol. The number of aromatic amines is 1. The van der Waals surface area contributed by atoms with Crippen LogP contribution in [0.2, 0.25) is 0 Å². The number of rotatable bonds is 4. The van der Waals surface area contributed by atoms with E-state index in [0.717, 1.165) is 23.6 Å². The summed E-state index contributed by atoms with van der Waals surface area (Å²) in [5.41, 5.74) is 2.28. The molecular formula is C18H22N6O2. The summed E-state index contributed by atoms with van der Waals surface area (Å²) in [5.74, 6) is 1.58. The number of carbonyl (C=O) groups is 1. The number of aromatic nitrogens is 5. The molecule has 0 aromatic carbocycles. The highest BCUT2D eigenvalue weighted by atomic mass is 16.5. The van der Waals surface area contributed by atoms with Gasteiger partial charge in [0.2, 0.25) is 0 Å². The Kier molecular flexibility index (Phi) is 4.20. The van der Waals surface area contributed by atoms with Gasteiger partial charge in [-0.3, -0.25) is 9.89 Å². The Balaban J connectivity index is 1.54. The molecule has 26 heavy (non-hydrogen) atoms. The lowest BCUT2D eigenvalue weighted by molar-refractivity contribution is 0.0551. The van der Waals surface area contributed by atoms with Gasteiger partial charge in [0, 0.05) is 38.8 Å². The molecule has 4 heterocycles. The second kappa shape index (κ2) is 6.53. The smallest absolute Gasteiger partial charge is 0.257 e. The molecule has 1 aliphatic rings. The third-order valence-corrected chi connectivity index (χ3v) is 4.81. The van der Waals surface area contributed by atoms with Gasteiger partial charge in [-0.25, -0.2) is 9.97 Å². The zero-order valence-electron chi connectivity index (χ0n) is 15.1. The number of carbonyl (C=O) groups excluding carboxylic acids is 1. The molecule has 1 aliphatic heterocycles. The van der Waals surface area contributed by atoms with Crippen LogP contribution in [0.25, 0.3) is 5.65 Å². The van der Waals surface area contributed by atoms with Crippen LogP contribution in [0.5, 0.6) is 0 Å². The van der Waals surface area contributed by atoms with E-state index in [9.17, 15) is 4.79 Å². The number of hydrogen-bond acceptors (Lipinski definition) is 5. The van der Waals surface area contributed by atoms with Gasteiger partial charge in [0.1, 0.15) is 11.5 Å².